The third-order valence-electron chi connectivity index (χ3n) is 5.90. The highest BCUT2D eigenvalue weighted by molar-refractivity contribution is 8.16. The molecule has 2 saturated heterocycles. The summed E-state index contributed by atoms with van der Waals surface area (Å²) in [5, 5.41) is 3.08. The summed E-state index contributed by atoms with van der Waals surface area (Å²) >= 11 is 4.01. The van der Waals surface area contributed by atoms with Crippen LogP contribution < -0.4 is 14.8 Å². The second-order valence-electron chi connectivity index (χ2n) is 8.12. The van der Waals surface area contributed by atoms with Crippen LogP contribution in [0.25, 0.3) is 0 Å². The first-order valence-corrected chi connectivity index (χ1v) is 13.4. The molecular weight excluding hydrogens is 440 g/mol. The predicted octanol–water partition coefficient (Wildman–Crippen LogP) is 4.90. The number of carbonyl (C=O) groups excluding carboxylic acids is 1. The Morgan fingerprint density at radius 3 is 2.53 bits per heavy atom. The first-order valence-electron chi connectivity index (χ1n) is 11.3. The quantitative estimate of drug-likeness (QED) is 0.560. The van der Waals surface area contributed by atoms with Gasteiger partial charge in [0.25, 0.3) is 5.91 Å². The normalized spacial score (nSPS) is 18.3. The molecular formula is C25H32N2O3S2. The molecule has 0 saturated carbocycles. The zero-order valence-electron chi connectivity index (χ0n) is 18.6. The summed E-state index contributed by atoms with van der Waals surface area (Å²) in [6, 6.07) is 16.5. The number of thioether (sulfide) groups is 2. The van der Waals surface area contributed by atoms with Crippen molar-refractivity contribution in [3.05, 3.63) is 59.7 Å². The van der Waals surface area contributed by atoms with E-state index in [1.165, 1.54) is 41.9 Å². The highest BCUT2D eigenvalue weighted by atomic mass is 32.2. The zero-order chi connectivity index (χ0) is 22.2. The molecule has 0 radical (unpaired) electrons. The van der Waals surface area contributed by atoms with Crippen molar-refractivity contribution in [2.24, 2.45) is 0 Å². The molecule has 0 aromatic heterocycles. The van der Waals surface area contributed by atoms with Gasteiger partial charge in [-0.15, -0.1) is 23.5 Å². The lowest BCUT2D eigenvalue weighted by Crippen LogP contribution is -2.38. The number of hydrogen-bond acceptors (Lipinski definition) is 6. The van der Waals surface area contributed by atoms with Gasteiger partial charge in [-0.3, -0.25) is 9.69 Å². The second-order valence-corrected chi connectivity index (χ2v) is 10.8. The molecule has 2 aliphatic heterocycles. The van der Waals surface area contributed by atoms with Gasteiger partial charge in [0, 0.05) is 6.54 Å². The fourth-order valence-electron chi connectivity index (χ4n) is 4.17. The second kappa shape index (κ2) is 11.9. The third-order valence-corrected chi connectivity index (χ3v) is 8.92. The molecule has 1 amide bonds. The van der Waals surface area contributed by atoms with Crippen LogP contribution in [0.5, 0.6) is 11.5 Å². The Labute approximate surface area is 199 Å². The Hall–Kier alpha value is -1.83. The molecule has 7 heteroatoms. The number of hydrogen-bond donors (Lipinski definition) is 1. The van der Waals surface area contributed by atoms with Gasteiger partial charge in [-0.25, -0.2) is 0 Å². The fraction of sp³-hybridized carbons (Fsp3) is 0.480. The maximum atomic E-state index is 12.5. The van der Waals surface area contributed by atoms with Crippen molar-refractivity contribution < 1.29 is 14.3 Å². The summed E-state index contributed by atoms with van der Waals surface area (Å²) in [6.45, 7) is 2.69. The average molecular weight is 473 g/mol. The van der Waals surface area contributed by atoms with Crippen LogP contribution in [-0.2, 0) is 4.79 Å². The van der Waals surface area contributed by atoms with Crippen molar-refractivity contribution in [2.75, 3.05) is 44.9 Å². The number of likely N-dealkylation sites (tertiary alicyclic amines) is 1. The van der Waals surface area contributed by atoms with Gasteiger partial charge in [-0.05, 0) is 79.3 Å². The Morgan fingerprint density at radius 1 is 1.06 bits per heavy atom. The Bertz CT molecular complexity index is 866. The van der Waals surface area contributed by atoms with E-state index in [4.69, 9.17) is 9.47 Å². The van der Waals surface area contributed by atoms with Crippen molar-refractivity contribution in [2.45, 2.75) is 29.9 Å². The summed E-state index contributed by atoms with van der Waals surface area (Å²) in [5.74, 6) is 3.93. The summed E-state index contributed by atoms with van der Waals surface area (Å²) in [6.07, 6.45) is 3.69. The largest absolute Gasteiger partial charge is 0.497 e. The van der Waals surface area contributed by atoms with Crippen LogP contribution in [-0.4, -0.2) is 55.7 Å². The smallest absolute Gasteiger partial charge is 0.258 e. The number of rotatable bonds is 9. The van der Waals surface area contributed by atoms with E-state index in [-0.39, 0.29) is 18.6 Å². The van der Waals surface area contributed by atoms with E-state index in [9.17, 15) is 4.79 Å². The number of ether oxygens (including phenoxy) is 2. The van der Waals surface area contributed by atoms with Crippen molar-refractivity contribution in [1.82, 2.24) is 10.2 Å². The van der Waals surface area contributed by atoms with E-state index in [1.807, 2.05) is 47.8 Å². The van der Waals surface area contributed by atoms with Crippen molar-refractivity contribution in [1.29, 1.82) is 0 Å². The minimum absolute atomic E-state index is 0.0249. The first kappa shape index (κ1) is 23.3. The van der Waals surface area contributed by atoms with Crippen LogP contribution >= 0.6 is 23.5 Å². The lowest BCUT2D eigenvalue weighted by atomic mass is 10.0. The average Bonchev–Trinajstić information content (AvgIpc) is 3.38. The molecule has 4 rings (SSSR count). The molecule has 2 aromatic carbocycles. The number of nitrogens with one attached hydrogen (secondary N) is 1. The summed E-state index contributed by atoms with van der Waals surface area (Å²) < 4.78 is 11.7. The fourth-order valence-corrected chi connectivity index (χ4v) is 7.07. The van der Waals surface area contributed by atoms with E-state index in [2.05, 4.69) is 34.5 Å². The molecule has 5 nitrogen and oxygen atoms in total. The van der Waals surface area contributed by atoms with E-state index in [0.29, 0.717) is 11.1 Å². The summed E-state index contributed by atoms with van der Waals surface area (Å²) in [7, 11) is 1.68. The third kappa shape index (κ3) is 6.36. The predicted molar refractivity (Wildman–Crippen MR) is 134 cm³/mol. The minimum Gasteiger partial charge on any atom is -0.497 e. The SMILES string of the molecule is COc1cccc(C(CNC(=O)COc2ccc(C3SCCCS3)cc2)N2CCCC2)c1. The van der Waals surface area contributed by atoms with Crippen LogP contribution in [0.2, 0.25) is 0 Å². The highest BCUT2D eigenvalue weighted by Crippen LogP contribution is 2.43. The van der Waals surface area contributed by atoms with Gasteiger partial charge < -0.3 is 14.8 Å². The molecule has 32 heavy (non-hydrogen) atoms. The standard InChI is InChI=1S/C25H32N2O3S2/c1-29-22-7-4-6-20(16-22)23(27-12-2-3-13-27)17-26-24(28)18-30-21-10-8-19(9-11-21)25-31-14-5-15-32-25/h4,6-11,16,23,25H,2-3,5,12-15,17-18H2,1H3,(H,26,28). The number of nitrogens with zero attached hydrogens (tertiary/aromatic N) is 1. The Balaban J connectivity index is 1.29. The first-order chi connectivity index (χ1) is 15.7. The van der Waals surface area contributed by atoms with Gasteiger partial charge in [0.05, 0.1) is 17.7 Å². The summed E-state index contributed by atoms with van der Waals surface area (Å²) in [4.78, 5) is 15.0. The molecule has 1 unspecified atom stereocenters. The van der Waals surface area contributed by atoms with Crippen molar-refractivity contribution in [3.8, 4) is 11.5 Å². The van der Waals surface area contributed by atoms with Gasteiger partial charge in [0.15, 0.2) is 6.61 Å². The molecule has 0 spiro atoms. The summed E-state index contributed by atoms with van der Waals surface area (Å²) in [5.41, 5.74) is 2.49. The van der Waals surface area contributed by atoms with Crippen LogP contribution in [0.1, 0.15) is 41.0 Å². The highest BCUT2D eigenvalue weighted by Gasteiger charge is 2.24. The van der Waals surface area contributed by atoms with Crippen LogP contribution in [0.3, 0.4) is 0 Å². The van der Waals surface area contributed by atoms with Gasteiger partial charge in [0.1, 0.15) is 11.5 Å². The molecule has 0 bridgehead atoms. The van der Waals surface area contributed by atoms with E-state index >= 15 is 0 Å². The van der Waals surface area contributed by atoms with Gasteiger partial charge in [0.2, 0.25) is 0 Å². The lowest BCUT2D eigenvalue weighted by Gasteiger charge is -2.28. The molecule has 2 heterocycles. The van der Waals surface area contributed by atoms with Crippen molar-refractivity contribution >= 4 is 29.4 Å². The van der Waals surface area contributed by atoms with Crippen LogP contribution in [0.15, 0.2) is 48.5 Å². The lowest BCUT2D eigenvalue weighted by molar-refractivity contribution is -0.123. The molecule has 2 aromatic rings. The van der Waals surface area contributed by atoms with E-state index in [0.717, 1.165) is 24.6 Å². The number of methoxy groups -OCH3 is 1. The molecule has 172 valence electrons. The Morgan fingerprint density at radius 2 is 1.81 bits per heavy atom. The van der Waals surface area contributed by atoms with Gasteiger partial charge >= 0.3 is 0 Å². The maximum Gasteiger partial charge on any atom is 0.258 e. The maximum absolute atomic E-state index is 12.5. The van der Waals surface area contributed by atoms with E-state index in [1.54, 1.807) is 7.11 Å². The monoisotopic (exact) mass is 472 g/mol. The minimum atomic E-state index is -0.0976. The van der Waals surface area contributed by atoms with Crippen molar-refractivity contribution in [3.63, 3.8) is 0 Å². The number of carbonyl (C=O) groups is 1. The molecule has 1 N–H and O–H groups in total. The number of benzene rings is 2. The molecule has 0 aliphatic carbocycles. The van der Waals surface area contributed by atoms with Crippen LogP contribution in [0, 0.1) is 0 Å². The molecule has 2 fully saturated rings. The van der Waals surface area contributed by atoms with Gasteiger partial charge in [-0.2, -0.15) is 0 Å². The van der Waals surface area contributed by atoms with Crippen LogP contribution in [0.4, 0.5) is 0 Å². The van der Waals surface area contributed by atoms with E-state index < -0.39 is 0 Å². The Kier molecular flexibility index (Phi) is 8.65. The topological polar surface area (TPSA) is 50.8 Å². The zero-order valence-corrected chi connectivity index (χ0v) is 20.3. The number of amides is 1. The molecule has 2 aliphatic rings. The van der Waals surface area contributed by atoms with Gasteiger partial charge in [-0.1, -0.05) is 24.3 Å². The molecule has 1 atom stereocenters.